The Bertz CT molecular complexity index is 302. The van der Waals surface area contributed by atoms with Crippen molar-refractivity contribution in [1.82, 2.24) is 0 Å². The Kier molecular flexibility index (Phi) is 17.5. The van der Waals surface area contributed by atoms with Crippen LogP contribution in [-0.2, 0) is 19.1 Å². The highest BCUT2D eigenvalue weighted by molar-refractivity contribution is 5.70. The molecule has 0 fully saturated rings. The molecule has 0 aliphatic carbocycles. The van der Waals surface area contributed by atoms with Gasteiger partial charge in [0.1, 0.15) is 0 Å². The maximum Gasteiger partial charge on any atom is 0.305 e. The minimum Gasteiger partial charge on any atom is -0.466 e. The van der Waals surface area contributed by atoms with Crippen LogP contribution in [0.25, 0.3) is 0 Å². The van der Waals surface area contributed by atoms with Gasteiger partial charge in [-0.15, -0.1) is 0 Å². The number of unbranched alkanes of at least 4 members (excludes halogenated alkanes) is 9. The van der Waals surface area contributed by atoms with Gasteiger partial charge < -0.3 is 9.47 Å². The summed E-state index contributed by atoms with van der Waals surface area (Å²) in [5, 5.41) is 0. The van der Waals surface area contributed by atoms with E-state index in [0.717, 1.165) is 25.7 Å². The molecule has 0 aromatic carbocycles. The molecule has 0 unspecified atom stereocenters. The fourth-order valence-corrected chi connectivity index (χ4v) is 2.47. The van der Waals surface area contributed by atoms with Gasteiger partial charge >= 0.3 is 11.9 Å². The quantitative estimate of drug-likeness (QED) is 0.256. The van der Waals surface area contributed by atoms with Crippen molar-refractivity contribution in [2.75, 3.05) is 13.2 Å². The summed E-state index contributed by atoms with van der Waals surface area (Å²) in [6.07, 6.45) is 13.8. The standard InChI is InChI=1S/C20H38O4/c1-3-5-7-9-10-14-18-24-20(22)16-12-11-15-19(21)23-17-13-8-6-4-2/h3-18H2,1-2H3. The van der Waals surface area contributed by atoms with Crippen LogP contribution in [0.4, 0.5) is 0 Å². The Morgan fingerprint density at radius 2 is 0.917 bits per heavy atom. The molecule has 0 amide bonds. The largest absolute Gasteiger partial charge is 0.466 e. The first-order valence-electron chi connectivity index (χ1n) is 10.0. The molecular formula is C20H38O4. The van der Waals surface area contributed by atoms with Gasteiger partial charge in [-0.2, -0.15) is 0 Å². The number of ether oxygens (including phenoxy) is 2. The molecule has 0 saturated heterocycles. The lowest BCUT2D eigenvalue weighted by molar-refractivity contribution is -0.146. The van der Waals surface area contributed by atoms with Crippen LogP contribution in [0, 0.1) is 0 Å². The minimum atomic E-state index is -0.146. The van der Waals surface area contributed by atoms with E-state index in [1.807, 2.05) is 0 Å². The Hall–Kier alpha value is -1.06. The summed E-state index contributed by atoms with van der Waals surface area (Å²) in [6.45, 7) is 5.42. The normalized spacial score (nSPS) is 10.6. The summed E-state index contributed by atoms with van der Waals surface area (Å²) in [5.41, 5.74) is 0. The molecule has 4 nitrogen and oxygen atoms in total. The van der Waals surface area contributed by atoms with Crippen molar-refractivity contribution in [3.63, 3.8) is 0 Å². The van der Waals surface area contributed by atoms with E-state index < -0.39 is 0 Å². The van der Waals surface area contributed by atoms with Gasteiger partial charge in [-0.1, -0.05) is 65.2 Å². The lowest BCUT2D eigenvalue weighted by Crippen LogP contribution is -2.08. The zero-order valence-electron chi connectivity index (χ0n) is 15.9. The fraction of sp³-hybridized carbons (Fsp3) is 0.900. The smallest absolute Gasteiger partial charge is 0.305 e. The summed E-state index contributed by atoms with van der Waals surface area (Å²) in [7, 11) is 0. The Morgan fingerprint density at radius 3 is 1.38 bits per heavy atom. The lowest BCUT2D eigenvalue weighted by Gasteiger charge is -2.06. The third-order valence-electron chi connectivity index (χ3n) is 4.03. The van der Waals surface area contributed by atoms with E-state index in [0.29, 0.717) is 38.9 Å². The first-order chi connectivity index (χ1) is 11.7. The molecule has 0 aromatic rings. The van der Waals surface area contributed by atoms with Gasteiger partial charge in [0.05, 0.1) is 13.2 Å². The predicted octanol–water partition coefficient (Wildman–Crippen LogP) is 5.57. The maximum absolute atomic E-state index is 11.6. The van der Waals surface area contributed by atoms with Gasteiger partial charge in [0.15, 0.2) is 0 Å². The van der Waals surface area contributed by atoms with Crippen LogP contribution in [0.1, 0.15) is 104 Å². The average Bonchev–Trinajstić information content (AvgIpc) is 2.58. The highest BCUT2D eigenvalue weighted by Gasteiger charge is 2.06. The summed E-state index contributed by atoms with van der Waals surface area (Å²) in [5.74, 6) is -0.288. The van der Waals surface area contributed by atoms with Crippen molar-refractivity contribution < 1.29 is 19.1 Å². The summed E-state index contributed by atoms with van der Waals surface area (Å²) < 4.78 is 10.4. The van der Waals surface area contributed by atoms with Crippen molar-refractivity contribution in [2.45, 2.75) is 104 Å². The van der Waals surface area contributed by atoms with Gasteiger partial charge in [0, 0.05) is 12.8 Å². The fourth-order valence-electron chi connectivity index (χ4n) is 2.47. The molecule has 0 radical (unpaired) electrons. The second kappa shape index (κ2) is 18.3. The van der Waals surface area contributed by atoms with Crippen molar-refractivity contribution >= 4 is 11.9 Å². The van der Waals surface area contributed by atoms with E-state index in [9.17, 15) is 9.59 Å². The van der Waals surface area contributed by atoms with Crippen LogP contribution in [0.5, 0.6) is 0 Å². The molecule has 0 aromatic heterocycles. The monoisotopic (exact) mass is 342 g/mol. The molecule has 4 heteroatoms. The first-order valence-corrected chi connectivity index (χ1v) is 10.0. The summed E-state index contributed by atoms with van der Waals surface area (Å²) in [4.78, 5) is 23.1. The molecule has 24 heavy (non-hydrogen) atoms. The van der Waals surface area contributed by atoms with Crippen LogP contribution in [0.2, 0.25) is 0 Å². The molecule has 0 bridgehead atoms. The zero-order valence-corrected chi connectivity index (χ0v) is 15.9. The first kappa shape index (κ1) is 22.9. The van der Waals surface area contributed by atoms with Gasteiger partial charge in [0.2, 0.25) is 0 Å². The molecule has 0 rings (SSSR count). The molecule has 142 valence electrons. The van der Waals surface area contributed by atoms with E-state index in [1.54, 1.807) is 0 Å². The summed E-state index contributed by atoms with van der Waals surface area (Å²) in [6, 6.07) is 0. The summed E-state index contributed by atoms with van der Waals surface area (Å²) >= 11 is 0. The van der Waals surface area contributed by atoms with E-state index in [-0.39, 0.29) is 11.9 Å². The zero-order chi connectivity index (χ0) is 17.9. The Balaban J connectivity index is 3.31. The highest BCUT2D eigenvalue weighted by Crippen LogP contribution is 2.07. The van der Waals surface area contributed by atoms with Crippen LogP contribution in [0.3, 0.4) is 0 Å². The second-order valence-electron chi connectivity index (χ2n) is 6.48. The third kappa shape index (κ3) is 17.3. The van der Waals surface area contributed by atoms with Crippen LogP contribution in [0.15, 0.2) is 0 Å². The van der Waals surface area contributed by atoms with Gasteiger partial charge in [-0.25, -0.2) is 0 Å². The Labute approximate surface area is 148 Å². The van der Waals surface area contributed by atoms with Crippen molar-refractivity contribution in [3.05, 3.63) is 0 Å². The highest BCUT2D eigenvalue weighted by atomic mass is 16.5. The van der Waals surface area contributed by atoms with Crippen molar-refractivity contribution in [1.29, 1.82) is 0 Å². The third-order valence-corrected chi connectivity index (χ3v) is 4.03. The van der Waals surface area contributed by atoms with E-state index in [1.165, 1.54) is 38.5 Å². The average molecular weight is 343 g/mol. The topological polar surface area (TPSA) is 52.6 Å². The van der Waals surface area contributed by atoms with Crippen LogP contribution >= 0.6 is 0 Å². The molecule has 0 aliphatic heterocycles. The van der Waals surface area contributed by atoms with E-state index in [4.69, 9.17) is 9.47 Å². The molecule has 0 aliphatic rings. The number of hydrogen-bond acceptors (Lipinski definition) is 4. The molecule has 0 atom stereocenters. The minimum absolute atomic E-state index is 0.142. The molecule has 0 N–H and O–H groups in total. The number of rotatable bonds is 17. The number of hydrogen-bond donors (Lipinski definition) is 0. The van der Waals surface area contributed by atoms with E-state index >= 15 is 0 Å². The number of carbonyl (C=O) groups is 2. The Morgan fingerprint density at radius 1 is 0.542 bits per heavy atom. The predicted molar refractivity (Wildman–Crippen MR) is 97.9 cm³/mol. The SMILES string of the molecule is CCCCCCCCOC(=O)CCCCC(=O)OCCCCCC. The van der Waals surface area contributed by atoms with Crippen molar-refractivity contribution in [2.24, 2.45) is 0 Å². The molecule has 0 spiro atoms. The molecule has 0 heterocycles. The molecular weight excluding hydrogens is 304 g/mol. The second-order valence-corrected chi connectivity index (χ2v) is 6.48. The lowest BCUT2D eigenvalue weighted by atomic mass is 10.1. The van der Waals surface area contributed by atoms with Gasteiger partial charge in [-0.05, 0) is 25.7 Å². The van der Waals surface area contributed by atoms with Crippen LogP contribution < -0.4 is 0 Å². The van der Waals surface area contributed by atoms with Gasteiger partial charge in [-0.3, -0.25) is 9.59 Å². The number of carbonyl (C=O) groups excluding carboxylic acids is 2. The van der Waals surface area contributed by atoms with Gasteiger partial charge in [0.25, 0.3) is 0 Å². The van der Waals surface area contributed by atoms with Crippen LogP contribution in [-0.4, -0.2) is 25.2 Å². The van der Waals surface area contributed by atoms with E-state index in [2.05, 4.69) is 13.8 Å². The van der Waals surface area contributed by atoms with Crippen molar-refractivity contribution in [3.8, 4) is 0 Å². The molecule has 0 saturated carbocycles. The number of esters is 2. The maximum atomic E-state index is 11.6.